The summed E-state index contributed by atoms with van der Waals surface area (Å²) in [5, 5.41) is 14.3. The number of amides is 1. The van der Waals surface area contributed by atoms with Crippen LogP contribution in [0.15, 0.2) is 42.5 Å². The van der Waals surface area contributed by atoms with Gasteiger partial charge in [-0.3, -0.25) is 19.8 Å². The highest BCUT2D eigenvalue weighted by Crippen LogP contribution is 2.25. The van der Waals surface area contributed by atoms with Crippen LogP contribution in [0, 0.1) is 17.0 Å². The van der Waals surface area contributed by atoms with Crippen molar-refractivity contribution in [1.29, 1.82) is 0 Å². The van der Waals surface area contributed by atoms with E-state index >= 15 is 0 Å². The van der Waals surface area contributed by atoms with Crippen molar-refractivity contribution in [3.05, 3.63) is 63.2 Å². The number of halogens is 1. The third kappa shape index (κ3) is 6.02. The molecule has 0 aliphatic heterocycles. The van der Waals surface area contributed by atoms with Crippen LogP contribution in [0.25, 0.3) is 0 Å². The van der Waals surface area contributed by atoms with Crippen molar-refractivity contribution < 1.29 is 14.5 Å². The normalized spacial score (nSPS) is 10.6. The number of nitrogens with one attached hydrogen (secondary N) is 1. The molecule has 2 aromatic carbocycles. The maximum absolute atomic E-state index is 12.1. The molecule has 0 spiro atoms. The average molecular weight is 378 g/mol. The van der Waals surface area contributed by atoms with E-state index in [-0.39, 0.29) is 23.8 Å². The molecular formula is C18H20ClN3O4. The molecule has 2 aromatic rings. The fraction of sp³-hybridized carbons (Fsp3) is 0.278. The molecule has 0 heterocycles. The summed E-state index contributed by atoms with van der Waals surface area (Å²) < 4.78 is 5.57. The standard InChI is InChI=1S/C18H20ClN3O4/c1-13-3-8-16(17(11-13)22(24)25)20-18(23)12-21(2)9-10-26-15-6-4-14(19)5-7-15/h3-8,11H,9-10,12H2,1-2H3,(H,20,23). The number of hydrogen-bond donors (Lipinski definition) is 1. The molecule has 0 aromatic heterocycles. The fourth-order valence-electron chi connectivity index (χ4n) is 2.26. The second-order valence-electron chi connectivity index (χ2n) is 5.87. The Morgan fingerprint density at radius 3 is 2.62 bits per heavy atom. The van der Waals surface area contributed by atoms with E-state index in [1.165, 1.54) is 12.1 Å². The fourth-order valence-corrected chi connectivity index (χ4v) is 2.39. The van der Waals surface area contributed by atoms with Crippen LogP contribution in [0.5, 0.6) is 5.75 Å². The van der Waals surface area contributed by atoms with Gasteiger partial charge in [-0.2, -0.15) is 0 Å². The number of nitrogens with zero attached hydrogens (tertiary/aromatic N) is 2. The number of carbonyl (C=O) groups is 1. The topological polar surface area (TPSA) is 84.7 Å². The van der Waals surface area contributed by atoms with Gasteiger partial charge >= 0.3 is 0 Å². The van der Waals surface area contributed by atoms with E-state index in [2.05, 4.69) is 5.32 Å². The zero-order chi connectivity index (χ0) is 19.1. The van der Waals surface area contributed by atoms with Crippen LogP contribution in [-0.4, -0.2) is 42.5 Å². The summed E-state index contributed by atoms with van der Waals surface area (Å²) in [5.41, 5.74) is 0.828. The average Bonchev–Trinajstić information content (AvgIpc) is 2.58. The first-order valence-electron chi connectivity index (χ1n) is 7.97. The predicted octanol–water partition coefficient (Wildman–Crippen LogP) is 3.51. The van der Waals surface area contributed by atoms with Crippen molar-refractivity contribution in [1.82, 2.24) is 4.90 Å². The molecule has 0 aliphatic carbocycles. The zero-order valence-electron chi connectivity index (χ0n) is 14.6. The number of anilines is 1. The van der Waals surface area contributed by atoms with Gasteiger partial charge in [0.25, 0.3) is 5.69 Å². The van der Waals surface area contributed by atoms with Crippen LogP contribution in [0.4, 0.5) is 11.4 Å². The number of likely N-dealkylation sites (N-methyl/N-ethyl adjacent to an activating group) is 1. The predicted molar refractivity (Wildman–Crippen MR) is 101 cm³/mol. The minimum Gasteiger partial charge on any atom is -0.492 e. The highest BCUT2D eigenvalue weighted by atomic mass is 35.5. The number of carbonyl (C=O) groups excluding carboxylic acids is 1. The molecule has 0 fully saturated rings. The lowest BCUT2D eigenvalue weighted by Crippen LogP contribution is -2.33. The first kappa shape index (κ1) is 19.7. The number of benzene rings is 2. The van der Waals surface area contributed by atoms with Gasteiger partial charge in [0.15, 0.2) is 0 Å². The Labute approximate surface area is 156 Å². The van der Waals surface area contributed by atoms with Gasteiger partial charge < -0.3 is 10.1 Å². The summed E-state index contributed by atoms with van der Waals surface area (Å²) in [4.78, 5) is 24.5. The van der Waals surface area contributed by atoms with E-state index in [0.717, 1.165) is 5.56 Å². The van der Waals surface area contributed by atoms with Gasteiger partial charge in [0.05, 0.1) is 11.5 Å². The van der Waals surface area contributed by atoms with Crippen LogP contribution in [0.3, 0.4) is 0 Å². The van der Waals surface area contributed by atoms with Gasteiger partial charge in [-0.1, -0.05) is 17.7 Å². The summed E-state index contributed by atoms with van der Waals surface area (Å²) in [7, 11) is 1.77. The Balaban J connectivity index is 1.82. The summed E-state index contributed by atoms with van der Waals surface area (Å²) in [5.74, 6) is 0.369. The molecule has 0 atom stereocenters. The molecule has 1 amide bonds. The van der Waals surface area contributed by atoms with Gasteiger partial charge in [0.1, 0.15) is 18.0 Å². The van der Waals surface area contributed by atoms with Crippen LogP contribution >= 0.6 is 11.6 Å². The molecule has 0 saturated carbocycles. The molecule has 0 unspecified atom stereocenters. The summed E-state index contributed by atoms with van der Waals surface area (Å²) >= 11 is 5.81. The third-order valence-electron chi connectivity index (χ3n) is 3.59. The maximum Gasteiger partial charge on any atom is 0.293 e. The smallest absolute Gasteiger partial charge is 0.293 e. The van der Waals surface area contributed by atoms with Crippen molar-refractivity contribution >= 4 is 28.9 Å². The molecule has 26 heavy (non-hydrogen) atoms. The van der Waals surface area contributed by atoms with Crippen LogP contribution in [-0.2, 0) is 4.79 Å². The van der Waals surface area contributed by atoms with Crippen molar-refractivity contribution in [2.75, 3.05) is 32.1 Å². The van der Waals surface area contributed by atoms with Crippen LogP contribution in [0.1, 0.15) is 5.56 Å². The SMILES string of the molecule is Cc1ccc(NC(=O)CN(C)CCOc2ccc(Cl)cc2)c([N+](=O)[O-])c1. The second kappa shape index (κ2) is 9.17. The number of hydrogen-bond acceptors (Lipinski definition) is 5. The minimum atomic E-state index is -0.508. The molecule has 8 heteroatoms. The van der Waals surface area contributed by atoms with Gasteiger partial charge in [0, 0.05) is 17.6 Å². The van der Waals surface area contributed by atoms with Gasteiger partial charge in [0.2, 0.25) is 5.91 Å². The monoisotopic (exact) mass is 377 g/mol. The molecule has 0 radical (unpaired) electrons. The largest absolute Gasteiger partial charge is 0.492 e. The first-order chi connectivity index (χ1) is 12.3. The van der Waals surface area contributed by atoms with Crippen LogP contribution in [0.2, 0.25) is 5.02 Å². The Bertz CT molecular complexity index is 781. The van der Waals surface area contributed by atoms with Gasteiger partial charge in [-0.05, 0) is 49.9 Å². The number of ether oxygens (including phenoxy) is 1. The lowest BCUT2D eigenvalue weighted by molar-refractivity contribution is -0.384. The summed E-state index contributed by atoms with van der Waals surface area (Å²) in [6.07, 6.45) is 0. The third-order valence-corrected chi connectivity index (χ3v) is 3.84. The van der Waals surface area contributed by atoms with Crippen molar-refractivity contribution in [2.45, 2.75) is 6.92 Å². The van der Waals surface area contributed by atoms with Crippen molar-refractivity contribution in [3.63, 3.8) is 0 Å². The molecular weight excluding hydrogens is 358 g/mol. The molecule has 138 valence electrons. The van der Waals surface area contributed by atoms with E-state index in [1.807, 2.05) is 0 Å². The van der Waals surface area contributed by atoms with Gasteiger partial charge in [-0.15, -0.1) is 0 Å². The van der Waals surface area contributed by atoms with E-state index < -0.39 is 4.92 Å². The lowest BCUT2D eigenvalue weighted by atomic mass is 10.2. The number of aryl methyl sites for hydroxylation is 1. The Hall–Kier alpha value is -2.64. The number of nitro groups is 1. The number of rotatable bonds is 8. The highest BCUT2D eigenvalue weighted by molar-refractivity contribution is 6.30. The first-order valence-corrected chi connectivity index (χ1v) is 8.35. The quantitative estimate of drug-likeness (QED) is 0.562. The van der Waals surface area contributed by atoms with Crippen molar-refractivity contribution in [2.24, 2.45) is 0 Å². The minimum absolute atomic E-state index is 0.0923. The molecule has 2 rings (SSSR count). The Morgan fingerprint density at radius 2 is 1.96 bits per heavy atom. The molecule has 0 aliphatic rings. The molecule has 0 bridgehead atoms. The molecule has 0 saturated heterocycles. The van der Waals surface area contributed by atoms with Gasteiger partial charge in [-0.25, -0.2) is 0 Å². The zero-order valence-corrected chi connectivity index (χ0v) is 15.3. The summed E-state index contributed by atoms with van der Waals surface area (Å²) in [6.45, 7) is 2.77. The number of nitro benzene ring substituents is 1. The highest BCUT2D eigenvalue weighted by Gasteiger charge is 2.16. The van der Waals surface area contributed by atoms with E-state index in [1.54, 1.807) is 49.2 Å². The second-order valence-corrected chi connectivity index (χ2v) is 6.30. The molecule has 1 N–H and O–H groups in total. The lowest BCUT2D eigenvalue weighted by Gasteiger charge is -2.16. The van der Waals surface area contributed by atoms with E-state index in [4.69, 9.17) is 16.3 Å². The van der Waals surface area contributed by atoms with Crippen LogP contribution < -0.4 is 10.1 Å². The Morgan fingerprint density at radius 1 is 1.27 bits per heavy atom. The Kier molecular flexibility index (Phi) is 6.94. The van der Waals surface area contributed by atoms with E-state index in [0.29, 0.717) is 23.9 Å². The maximum atomic E-state index is 12.1. The summed E-state index contributed by atoms with van der Waals surface area (Å²) in [6, 6.07) is 11.7. The van der Waals surface area contributed by atoms with E-state index in [9.17, 15) is 14.9 Å². The molecule has 7 nitrogen and oxygen atoms in total. The van der Waals surface area contributed by atoms with Crippen molar-refractivity contribution in [3.8, 4) is 5.75 Å².